The molecule has 260 valence electrons. The molecule has 0 aromatic heterocycles. The number of aromatic carboxylic acids is 1. The van der Waals surface area contributed by atoms with E-state index in [1.54, 1.807) is 44.2 Å². The Morgan fingerprint density at radius 3 is 2.17 bits per heavy atom. The molecule has 2 aromatic rings. The second kappa shape index (κ2) is 19.0. The van der Waals surface area contributed by atoms with Crippen molar-refractivity contribution in [3.63, 3.8) is 0 Å². The number of nitrogens with zero attached hydrogens (tertiary/aromatic N) is 1. The van der Waals surface area contributed by atoms with E-state index >= 15 is 0 Å². The van der Waals surface area contributed by atoms with Gasteiger partial charge in [-0.3, -0.25) is 18.7 Å². The van der Waals surface area contributed by atoms with Gasteiger partial charge in [0.25, 0.3) is 5.91 Å². The van der Waals surface area contributed by atoms with E-state index in [0.29, 0.717) is 24.9 Å². The fourth-order valence-electron chi connectivity index (χ4n) is 5.04. The van der Waals surface area contributed by atoms with Crippen molar-refractivity contribution in [2.24, 2.45) is 11.8 Å². The van der Waals surface area contributed by atoms with Crippen molar-refractivity contribution in [1.82, 2.24) is 16.0 Å². The van der Waals surface area contributed by atoms with E-state index in [4.69, 9.17) is 5.11 Å². The zero-order chi connectivity index (χ0) is 35.1. The summed E-state index contributed by atoms with van der Waals surface area (Å²) in [7, 11) is -3.55. The number of carboxylic acid groups (broad SMARTS) is 1. The summed E-state index contributed by atoms with van der Waals surface area (Å²) in [6.45, 7) is 9.86. The van der Waals surface area contributed by atoms with Crippen LogP contribution in [0.4, 0.5) is 5.69 Å². The summed E-state index contributed by atoms with van der Waals surface area (Å²) in [4.78, 5) is 49.3. The predicted molar refractivity (Wildman–Crippen MR) is 182 cm³/mol. The molecule has 12 nitrogen and oxygen atoms in total. The molecule has 0 saturated heterocycles. The van der Waals surface area contributed by atoms with E-state index in [1.165, 1.54) is 22.5 Å². The molecule has 0 spiro atoms. The van der Waals surface area contributed by atoms with Crippen molar-refractivity contribution in [2.45, 2.75) is 85.4 Å². The number of carboxylic acids is 1. The first kappa shape index (κ1) is 39.2. The van der Waals surface area contributed by atoms with Crippen molar-refractivity contribution >= 4 is 39.4 Å². The van der Waals surface area contributed by atoms with Gasteiger partial charge in [-0.25, -0.2) is 13.2 Å². The van der Waals surface area contributed by atoms with Crippen LogP contribution < -0.4 is 20.3 Å². The quantitative estimate of drug-likeness (QED) is 0.141. The number of hydrogen-bond donors (Lipinski definition) is 5. The van der Waals surface area contributed by atoms with Crippen LogP contribution in [-0.4, -0.2) is 73.3 Å². The number of aliphatic hydroxyl groups is 1. The maximum absolute atomic E-state index is 13.3. The number of nitrogens with one attached hydrogen (secondary N) is 3. The molecule has 0 aliphatic rings. The lowest BCUT2D eigenvalue weighted by Gasteiger charge is -2.28. The van der Waals surface area contributed by atoms with Gasteiger partial charge in [0.2, 0.25) is 21.8 Å². The fourth-order valence-corrected chi connectivity index (χ4v) is 6.67. The van der Waals surface area contributed by atoms with Crippen molar-refractivity contribution in [3.05, 3.63) is 65.2 Å². The first-order valence-electron chi connectivity index (χ1n) is 16.1. The van der Waals surface area contributed by atoms with Crippen LogP contribution in [0.5, 0.6) is 0 Å². The molecule has 0 heterocycles. The Morgan fingerprint density at radius 2 is 1.57 bits per heavy atom. The van der Waals surface area contributed by atoms with Gasteiger partial charge in [-0.05, 0) is 67.5 Å². The average molecular weight is 675 g/mol. The lowest BCUT2D eigenvalue weighted by molar-refractivity contribution is -0.126. The minimum absolute atomic E-state index is 0.00247. The predicted octanol–water partition coefficient (Wildman–Crippen LogP) is 3.70. The number of hydrogen-bond acceptors (Lipinski definition) is 7. The molecule has 0 aliphatic heterocycles. The third-order valence-corrected chi connectivity index (χ3v) is 9.50. The molecule has 0 saturated carbocycles. The first-order valence-corrected chi connectivity index (χ1v) is 17.7. The monoisotopic (exact) mass is 674 g/mol. The highest BCUT2D eigenvalue weighted by Crippen LogP contribution is 2.22. The number of rotatable bonds is 20. The Bertz CT molecular complexity index is 1450. The number of carbonyl (C=O) groups excluding carboxylic acids is 3. The van der Waals surface area contributed by atoms with Crippen molar-refractivity contribution in [1.29, 1.82) is 0 Å². The number of anilines is 1. The average Bonchev–Trinajstić information content (AvgIpc) is 3.02. The molecule has 2 aromatic carbocycles. The molecule has 5 N–H and O–H groups in total. The van der Waals surface area contributed by atoms with Crippen LogP contribution in [0, 0.1) is 11.8 Å². The van der Waals surface area contributed by atoms with Gasteiger partial charge in [0, 0.05) is 37.5 Å². The molecular weight excluding hydrogens is 624 g/mol. The lowest BCUT2D eigenvalue weighted by Crippen LogP contribution is -2.46. The Labute approximate surface area is 278 Å². The Balaban J connectivity index is 1.95. The number of benzene rings is 2. The fraction of sp³-hybridized carbons (Fsp3) is 0.529. The highest BCUT2D eigenvalue weighted by Gasteiger charge is 2.28. The van der Waals surface area contributed by atoms with E-state index in [0.717, 1.165) is 5.56 Å². The number of carbonyl (C=O) groups is 4. The Kier molecular flexibility index (Phi) is 15.8. The van der Waals surface area contributed by atoms with Crippen LogP contribution in [0.3, 0.4) is 0 Å². The zero-order valence-corrected chi connectivity index (χ0v) is 28.8. The number of sulfonamides is 1. The highest BCUT2D eigenvalue weighted by molar-refractivity contribution is 7.92. The van der Waals surface area contributed by atoms with Gasteiger partial charge in [-0.2, -0.15) is 0 Å². The Morgan fingerprint density at radius 1 is 0.894 bits per heavy atom. The van der Waals surface area contributed by atoms with E-state index in [-0.39, 0.29) is 67.1 Å². The summed E-state index contributed by atoms with van der Waals surface area (Å²) in [5.74, 6) is -2.60. The zero-order valence-electron chi connectivity index (χ0n) is 28.0. The van der Waals surface area contributed by atoms with Gasteiger partial charge in [0.1, 0.15) is 0 Å². The minimum Gasteiger partial charge on any atom is -0.478 e. The summed E-state index contributed by atoms with van der Waals surface area (Å²) in [6, 6.07) is 11.9. The second-order valence-corrected chi connectivity index (χ2v) is 14.2. The van der Waals surface area contributed by atoms with Crippen molar-refractivity contribution < 1.29 is 37.8 Å². The molecule has 0 fully saturated rings. The van der Waals surface area contributed by atoms with Crippen LogP contribution in [-0.2, 0) is 26.2 Å². The maximum Gasteiger partial charge on any atom is 0.335 e. The van der Waals surface area contributed by atoms with Gasteiger partial charge >= 0.3 is 5.97 Å². The molecule has 2 rings (SSSR count). The van der Waals surface area contributed by atoms with E-state index in [9.17, 15) is 32.7 Å². The van der Waals surface area contributed by atoms with Crippen LogP contribution in [0.1, 0.15) is 93.0 Å². The van der Waals surface area contributed by atoms with Gasteiger partial charge < -0.3 is 26.2 Å². The summed E-state index contributed by atoms with van der Waals surface area (Å²) >= 11 is 0. The molecule has 0 bridgehead atoms. The maximum atomic E-state index is 13.3. The smallest absolute Gasteiger partial charge is 0.335 e. The van der Waals surface area contributed by atoms with E-state index < -0.39 is 40.0 Å². The molecule has 0 aliphatic carbocycles. The van der Waals surface area contributed by atoms with Gasteiger partial charge in [0.05, 0.1) is 29.1 Å². The van der Waals surface area contributed by atoms with Crippen molar-refractivity contribution in [2.75, 3.05) is 23.1 Å². The highest BCUT2D eigenvalue weighted by atomic mass is 32.2. The minimum atomic E-state index is -3.55. The molecule has 0 unspecified atom stereocenters. The van der Waals surface area contributed by atoms with Crippen LogP contribution >= 0.6 is 0 Å². The van der Waals surface area contributed by atoms with Crippen LogP contribution in [0.15, 0.2) is 48.5 Å². The Hall–Kier alpha value is -3.97. The van der Waals surface area contributed by atoms with Crippen molar-refractivity contribution in [3.8, 4) is 0 Å². The standard InChI is InChI=1S/C34H50N4O8S/c1-6-17-38(47(45,46)18-7-2)28-10-8-9-27(21-28)33(42)37-29(19-23(3)4)30(39)20-24(5)32(41)35-16-15-31(40)36-22-25-11-13-26(14-12-25)34(43)44/h8-14,21,23-24,29-30,39H,6-7,15-20,22H2,1-5H3,(H,35,41)(H,36,40)(H,37,42)(H,43,44)/t24-,29+,30+/m1/s1. The summed E-state index contributed by atoms with van der Waals surface area (Å²) in [6.07, 6.45) is 0.594. The number of aliphatic hydroxyl groups excluding tert-OH is 1. The molecular formula is C34H50N4O8S. The van der Waals surface area contributed by atoms with Crippen LogP contribution in [0.2, 0.25) is 0 Å². The lowest BCUT2D eigenvalue weighted by atomic mass is 9.92. The van der Waals surface area contributed by atoms with Gasteiger partial charge in [-0.15, -0.1) is 0 Å². The van der Waals surface area contributed by atoms with Gasteiger partial charge in [-0.1, -0.05) is 52.8 Å². The molecule has 3 amide bonds. The summed E-state index contributed by atoms with van der Waals surface area (Å²) in [5, 5.41) is 28.4. The molecule has 0 radical (unpaired) electrons. The second-order valence-electron chi connectivity index (χ2n) is 12.2. The topological polar surface area (TPSA) is 182 Å². The molecule has 47 heavy (non-hydrogen) atoms. The third kappa shape index (κ3) is 13.0. The summed E-state index contributed by atoms with van der Waals surface area (Å²) < 4.78 is 27.1. The first-order chi connectivity index (χ1) is 22.2. The third-order valence-electron chi connectivity index (χ3n) is 7.51. The molecule has 13 heteroatoms. The largest absolute Gasteiger partial charge is 0.478 e. The van der Waals surface area contributed by atoms with E-state index in [1.807, 2.05) is 20.8 Å². The normalized spacial score (nSPS) is 13.3. The SMILES string of the molecule is CCCN(c1cccc(C(=O)N[C@@H](CC(C)C)[C@@H](O)C[C@@H](C)C(=O)NCCC(=O)NCc2ccc(C(=O)O)cc2)c1)S(=O)(=O)CCC. The van der Waals surface area contributed by atoms with Crippen LogP contribution in [0.25, 0.3) is 0 Å². The molecule has 3 atom stereocenters. The van der Waals surface area contributed by atoms with Gasteiger partial charge in [0.15, 0.2) is 0 Å². The number of amides is 3. The summed E-state index contributed by atoms with van der Waals surface area (Å²) in [5.41, 5.74) is 1.56. The van der Waals surface area contributed by atoms with E-state index in [2.05, 4.69) is 16.0 Å².